The van der Waals surface area contributed by atoms with Gasteiger partial charge in [0.2, 0.25) is 0 Å². The van der Waals surface area contributed by atoms with Gasteiger partial charge in [-0.1, -0.05) is 6.07 Å². The number of fused-ring (bicyclic) bond motifs is 3. The van der Waals surface area contributed by atoms with E-state index in [2.05, 4.69) is 30.5 Å². The van der Waals surface area contributed by atoms with Gasteiger partial charge in [-0.2, -0.15) is 0 Å². The molecule has 0 radical (unpaired) electrons. The number of pyridine rings is 3. The molecular weight excluding hydrogens is 663 g/mol. The number of aromatic nitrogens is 3. The molecule has 3 aliphatic rings. The summed E-state index contributed by atoms with van der Waals surface area (Å²) in [6, 6.07) is 19.9. The van der Waals surface area contributed by atoms with E-state index in [0.29, 0.717) is 57.7 Å². The minimum atomic E-state index is -0.241. The van der Waals surface area contributed by atoms with Gasteiger partial charge in [0.05, 0.1) is 21.0 Å². The summed E-state index contributed by atoms with van der Waals surface area (Å²) in [5.41, 5.74) is 5.87. The lowest BCUT2D eigenvalue weighted by Crippen LogP contribution is -2.59. The Balaban J connectivity index is 0.972. The number of nitrogens with zero attached hydrogens (tertiary/aromatic N) is 5. The molecular formula is C39H37N7O4S. The maximum absolute atomic E-state index is 14.0. The van der Waals surface area contributed by atoms with E-state index >= 15 is 0 Å². The molecule has 8 rings (SSSR count). The zero-order chi connectivity index (χ0) is 35.1. The number of carbonyl (C=O) groups excluding carboxylic acids is 3. The van der Waals surface area contributed by atoms with Crippen LogP contribution >= 0.6 is 11.3 Å². The van der Waals surface area contributed by atoms with Gasteiger partial charge < -0.3 is 25.2 Å². The van der Waals surface area contributed by atoms with Crippen molar-refractivity contribution in [1.82, 2.24) is 15.0 Å². The normalized spacial score (nSPS) is 16.0. The first kappa shape index (κ1) is 32.7. The highest BCUT2D eigenvalue weighted by atomic mass is 32.1. The molecule has 0 atom stereocenters. The summed E-state index contributed by atoms with van der Waals surface area (Å²) in [4.78, 5) is 59.8. The Bertz CT molecular complexity index is 2150. The van der Waals surface area contributed by atoms with Gasteiger partial charge in [-0.05, 0) is 105 Å². The maximum Gasteiger partial charge on any atom is 0.266 e. The summed E-state index contributed by atoms with van der Waals surface area (Å²) in [5.74, 6) is 0.542. The van der Waals surface area contributed by atoms with Crippen LogP contribution in [0.1, 0.15) is 60.1 Å². The quantitative estimate of drug-likeness (QED) is 0.205. The molecule has 1 spiro atoms. The number of rotatable bonds is 6. The standard InChI is InChI=1S/C39H37N7O4S/c1-24-19-29(35(41-21-24)45-22-39(23-45)13-17-50-18-14-39)36(47)43-28-10-8-26(9-11-28)38(49)46-16-12-27-20-31(37(48)44-32-7-3-5-25(2)42-32)51-34(27)33-30(46)6-4-15-40-33/h3-11,15,19-21H,12-14,16-18,22-23H2,1-2H3,(H,43,47)(H,42,44,48). The SMILES string of the molecule is Cc1cnc(N2CC3(CCOCC3)C2)c(C(=O)Nc2ccc(C(=O)N3CCc4cc(C(=O)Nc5cccc(C)n5)sc4-c4ncccc43)cc2)c1. The Kier molecular flexibility index (Phi) is 8.56. The second kappa shape index (κ2) is 13.3. The van der Waals surface area contributed by atoms with Gasteiger partial charge in [-0.25, -0.2) is 9.97 Å². The Labute approximate surface area is 299 Å². The number of anilines is 4. The molecule has 4 aromatic heterocycles. The molecule has 2 N–H and O–H groups in total. The Morgan fingerprint density at radius 2 is 1.71 bits per heavy atom. The lowest BCUT2D eigenvalue weighted by atomic mass is 9.73. The van der Waals surface area contributed by atoms with Crippen molar-refractivity contribution in [3.8, 4) is 10.6 Å². The summed E-state index contributed by atoms with van der Waals surface area (Å²) < 4.78 is 5.57. The minimum Gasteiger partial charge on any atom is -0.381 e. The lowest BCUT2D eigenvalue weighted by molar-refractivity contribution is -0.000511. The number of nitrogens with one attached hydrogen (secondary N) is 2. The number of benzene rings is 1. The van der Waals surface area contributed by atoms with Crippen molar-refractivity contribution in [3.63, 3.8) is 0 Å². The molecule has 0 bridgehead atoms. The third kappa shape index (κ3) is 6.48. The van der Waals surface area contributed by atoms with E-state index in [4.69, 9.17) is 4.74 Å². The Morgan fingerprint density at radius 1 is 0.902 bits per heavy atom. The smallest absolute Gasteiger partial charge is 0.266 e. The number of hydrogen-bond acceptors (Lipinski definition) is 9. The van der Waals surface area contributed by atoms with Crippen molar-refractivity contribution in [1.29, 1.82) is 0 Å². The van der Waals surface area contributed by atoms with E-state index in [1.54, 1.807) is 47.6 Å². The zero-order valence-corrected chi connectivity index (χ0v) is 29.3. The predicted molar refractivity (Wildman–Crippen MR) is 198 cm³/mol. The van der Waals surface area contributed by atoms with Crippen molar-refractivity contribution in [2.45, 2.75) is 33.1 Å². The molecule has 5 aromatic rings. The molecule has 3 amide bonds. The lowest BCUT2D eigenvalue weighted by Gasteiger charge is -2.53. The van der Waals surface area contributed by atoms with Gasteiger partial charge in [0.25, 0.3) is 17.7 Å². The summed E-state index contributed by atoms with van der Waals surface area (Å²) in [6.07, 6.45) is 6.12. The molecule has 11 nitrogen and oxygen atoms in total. The fourth-order valence-electron chi connectivity index (χ4n) is 7.14. The van der Waals surface area contributed by atoms with E-state index in [1.807, 2.05) is 50.2 Å². The molecule has 2 fully saturated rings. The van der Waals surface area contributed by atoms with Crippen LogP contribution in [0.25, 0.3) is 10.6 Å². The molecule has 0 unspecified atom stereocenters. The number of aryl methyl sites for hydroxylation is 2. The van der Waals surface area contributed by atoms with E-state index in [9.17, 15) is 14.4 Å². The minimum absolute atomic E-state index is 0.175. The number of ether oxygens (including phenoxy) is 1. The number of hydrogen-bond donors (Lipinski definition) is 2. The van der Waals surface area contributed by atoms with Gasteiger partial charge in [-0.15, -0.1) is 11.3 Å². The van der Waals surface area contributed by atoms with Crippen molar-refractivity contribution >= 4 is 52.1 Å². The van der Waals surface area contributed by atoms with Crippen LogP contribution in [0.4, 0.5) is 23.0 Å². The number of thiophene rings is 1. The number of carbonyl (C=O) groups is 3. The predicted octanol–water partition coefficient (Wildman–Crippen LogP) is 6.54. The van der Waals surface area contributed by atoms with Crippen LogP contribution in [0, 0.1) is 19.3 Å². The molecule has 7 heterocycles. The molecule has 258 valence electrons. The van der Waals surface area contributed by atoms with Crippen molar-refractivity contribution < 1.29 is 19.1 Å². The van der Waals surface area contributed by atoms with Crippen molar-refractivity contribution in [2.24, 2.45) is 5.41 Å². The summed E-state index contributed by atoms with van der Waals surface area (Å²) in [5, 5.41) is 5.90. The van der Waals surface area contributed by atoms with Gasteiger partial charge in [-0.3, -0.25) is 19.4 Å². The maximum atomic E-state index is 14.0. The van der Waals surface area contributed by atoms with Crippen LogP contribution in [0.2, 0.25) is 0 Å². The molecule has 0 saturated carbocycles. The third-order valence-electron chi connectivity index (χ3n) is 9.85. The first-order chi connectivity index (χ1) is 24.7. The van der Waals surface area contributed by atoms with Crippen LogP contribution in [-0.2, 0) is 11.2 Å². The highest BCUT2D eigenvalue weighted by molar-refractivity contribution is 7.17. The Morgan fingerprint density at radius 3 is 2.49 bits per heavy atom. The molecule has 2 saturated heterocycles. The average Bonchev–Trinajstić information content (AvgIpc) is 3.49. The van der Waals surface area contributed by atoms with Gasteiger partial charge in [0.15, 0.2) is 0 Å². The first-order valence-electron chi connectivity index (χ1n) is 17.1. The number of amides is 3. The average molecular weight is 700 g/mol. The van der Waals surface area contributed by atoms with Crippen LogP contribution in [0.5, 0.6) is 0 Å². The summed E-state index contributed by atoms with van der Waals surface area (Å²) in [7, 11) is 0. The van der Waals surface area contributed by atoms with Gasteiger partial charge >= 0.3 is 0 Å². The van der Waals surface area contributed by atoms with Crippen molar-refractivity contribution in [3.05, 3.63) is 112 Å². The zero-order valence-electron chi connectivity index (χ0n) is 28.4. The monoisotopic (exact) mass is 699 g/mol. The van der Waals surface area contributed by atoms with Crippen LogP contribution in [0.15, 0.2) is 79.1 Å². The molecule has 1 aromatic carbocycles. The summed E-state index contributed by atoms with van der Waals surface area (Å²) >= 11 is 1.36. The van der Waals surface area contributed by atoms with Crippen LogP contribution in [0.3, 0.4) is 0 Å². The highest BCUT2D eigenvalue weighted by Crippen LogP contribution is 2.43. The highest BCUT2D eigenvalue weighted by Gasteiger charge is 2.45. The molecule has 51 heavy (non-hydrogen) atoms. The second-order valence-electron chi connectivity index (χ2n) is 13.5. The molecule has 3 aliphatic heterocycles. The largest absolute Gasteiger partial charge is 0.381 e. The molecule has 12 heteroatoms. The summed E-state index contributed by atoms with van der Waals surface area (Å²) in [6.45, 7) is 7.52. The van der Waals surface area contributed by atoms with E-state index in [1.165, 1.54) is 11.3 Å². The van der Waals surface area contributed by atoms with Gasteiger partial charge in [0.1, 0.15) is 17.3 Å². The van der Waals surface area contributed by atoms with Crippen molar-refractivity contribution in [2.75, 3.05) is 53.3 Å². The fraction of sp³-hybridized carbons (Fsp3) is 0.282. The van der Waals surface area contributed by atoms with Crippen LogP contribution in [-0.4, -0.2) is 65.5 Å². The second-order valence-corrected chi connectivity index (χ2v) is 14.6. The van der Waals surface area contributed by atoms with E-state index < -0.39 is 0 Å². The molecule has 0 aliphatic carbocycles. The van der Waals surface area contributed by atoms with Gasteiger partial charge in [0, 0.05) is 67.6 Å². The third-order valence-corrected chi connectivity index (χ3v) is 11.0. The Hall–Kier alpha value is -5.46. The topological polar surface area (TPSA) is 130 Å². The van der Waals surface area contributed by atoms with Crippen LogP contribution < -0.4 is 20.4 Å². The van der Waals surface area contributed by atoms with E-state index in [-0.39, 0.29) is 23.1 Å². The fourth-order valence-corrected chi connectivity index (χ4v) is 8.25. The van der Waals surface area contributed by atoms with E-state index in [0.717, 1.165) is 60.8 Å². The first-order valence-corrected chi connectivity index (χ1v) is 17.9.